The van der Waals surface area contributed by atoms with E-state index in [9.17, 15) is 15.0 Å². The molecule has 25 heavy (non-hydrogen) atoms. The summed E-state index contributed by atoms with van der Waals surface area (Å²) < 4.78 is 0. The van der Waals surface area contributed by atoms with Gasteiger partial charge in [0.25, 0.3) is 0 Å². The maximum Gasteiger partial charge on any atom is 0.240 e. The van der Waals surface area contributed by atoms with E-state index in [0.29, 0.717) is 17.7 Å². The number of carbonyl (C=O) groups excluding carboxylic acids is 1. The molecule has 0 aromatic heterocycles. The first-order valence-corrected chi connectivity index (χ1v) is 7.98. The van der Waals surface area contributed by atoms with Crippen molar-refractivity contribution in [3.05, 3.63) is 53.6 Å². The summed E-state index contributed by atoms with van der Waals surface area (Å²) in [5.74, 6) is -0.00699. The third kappa shape index (κ3) is 3.68. The number of nitrogens with zero attached hydrogens (tertiary/aromatic N) is 2. The van der Waals surface area contributed by atoms with Crippen LogP contribution in [0, 0.1) is 5.92 Å². The second-order valence-electron chi connectivity index (χ2n) is 6.08. The van der Waals surface area contributed by atoms with Crippen molar-refractivity contribution in [2.75, 3.05) is 0 Å². The average molecular weight is 337 g/mol. The third-order valence-corrected chi connectivity index (χ3v) is 4.09. The van der Waals surface area contributed by atoms with Gasteiger partial charge in [0.05, 0.1) is 11.4 Å². The predicted octanol–water partition coefficient (Wildman–Crippen LogP) is 3.10. The van der Waals surface area contributed by atoms with Crippen LogP contribution in [0.3, 0.4) is 0 Å². The Morgan fingerprint density at radius 1 is 1.20 bits per heavy atom. The lowest BCUT2D eigenvalue weighted by molar-refractivity contribution is -0.121. The van der Waals surface area contributed by atoms with Gasteiger partial charge in [0.2, 0.25) is 5.91 Å². The Balaban J connectivity index is 1.84. The van der Waals surface area contributed by atoms with E-state index >= 15 is 0 Å². The lowest BCUT2D eigenvalue weighted by Gasteiger charge is -2.19. The van der Waals surface area contributed by atoms with E-state index in [1.807, 2.05) is 31.2 Å². The number of carbonyl (C=O) groups is 1. The van der Waals surface area contributed by atoms with Gasteiger partial charge in [-0.1, -0.05) is 19.1 Å². The fourth-order valence-electron chi connectivity index (χ4n) is 2.79. The molecule has 1 amide bonds. The molecule has 0 fully saturated rings. The van der Waals surface area contributed by atoms with Gasteiger partial charge in [-0.25, -0.2) is 5.43 Å². The van der Waals surface area contributed by atoms with Crippen LogP contribution in [0.25, 0.3) is 0 Å². The molecule has 1 aliphatic rings. The van der Waals surface area contributed by atoms with E-state index in [4.69, 9.17) is 0 Å². The van der Waals surface area contributed by atoms with Crippen LogP contribution in [0.5, 0.6) is 11.5 Å². The minimum Gasteiger partial charge on any atom is -0.508 e. The van der Waals surface area contributed by atoms with Crippen molar-refractivity contribution >= 4 is 23.0 Å². The van der Waals surface area contributed by atoms with Crippen molar-refractivity contribution in [3.63, 3.8) is 0 Å². The smallest absolute Gasteiger partial charge is 0.240 e. The molecule has 0 radical (unpaired) electrons. The Morgan fingerprint density at radius 3 is 2.56 bits per heavy atom. The second-order valence-corrected chi connectivity index (χ2v) is 6.08. The Morgan fingerprint density at radius 2 is 1.92 bits per heavy atom. The van der Waals surface area contributed by atoms with Crippen LogP contribution in [0.15, 0.2) is 52.6 Å². The zero-order chi connectivity index (χ0) is 18.0. The standard InChI is InChI=1S/C19H19N3O3/c1-11-9-18(25)21-22-19(11)13-3-5-14(6-4-13)20-12(2)16-8-7-15(23)10-17(16)24/h3-8,10-11,23-24H,9H2,1-2H3,(H,21,25). The third-order valence-electron chi connectivity index (χ3n) is 4.09. The molecule has 6 heteroatoms. The zero-order valence-electron chi connectivity index (χ0n) is 14.0. The molecular weight excluding hydrogens is 318 g/mol. The number of hydrogen-bond acceptors (Lipinski definition) is 5. The Hall–Kier alpha value is -3.15. The summed E-state index contributed by atoms with van der Waals surface area (Å²) in [6.07, 6.45) is 0.429. The van der Waals surface area contributed by atoms with Crippen LogP contribution >= 0.6 is 0 Å². The summed E-state index contributed by atoms with van der Waals surface area (Å²) in [6, 6.07) is 12.0. The SMILES string of the molecule is CC(=Nc1ccc(C2=NNC(=O)CC2C)cc1)c1ccc(O)cc1O. The van der Waals surface area contributed by atoms with Crippen LogP contribution in [0.4, 0.5) is 5.69 Å². The first-order chi connectivity index (χ1) is 11.9. The summed E-state index contributed by atoms with van der Waals surface area (Å²) in [5, 5.41) is 23.4. The number of aliphatic imine (C=N–C) groups is 1. The van der Waals surface area contributed by atoms with Gasteiger partial charge in [0.1, 0.15) is 11.5 Å². The fraction of sp³-hybridized carbons (Fsp3) is 0.211. The lowest BCUT2D eigenvalue weighted by atomic mass is 9.94. The molecule has 6 nitrogen and oxygen atoms in total. The highest BCUT2D eigenvalue weighted by atomic mass is 16.3. The first kappa shape index (κ1) is 16.7. The van der Waals surface area contributed by atoms with Crippen LogP contribution in [0.2, 0.25) is 0 Å². The summed E-state index contributed by atoms with van der Waals surface area (Å²) in [4.78, 5) is 15.8. The lowest BCUT2D eigenvalue weighted by Crippen LogP contribution is -2.31. The molecule has 0 saturated heterocycles. The van der Waals surface area contributed by atoms with Crippen molar-refractivity contribution < 1.29 is 15.0 Å². The zero-order valence-corrected chi connectivity index (χ0v) is 14.0. The van der Waals surface area contributed by atoms with Crippen molar-refractivity contribution in [3.8, 4) is 11.5 Å². The van der Waals surface area contributed by atoms with Crippen LogP contribution < -0.4 is 5.43 Å². The summed E-state index contributed by atoms with van der Waals surface area (Å²) in [5.41, 5.74) is 6.25. The minimum absolute atomic E-state index is 0.00729. The first-order valence-electron chi connectivity index (χ1n) is 7.98. The minimum atomic E-state index is -0.0678. The van der Waals surface area contributed by atoms with Crippen molar-refractivity contribution in [2.45, 2.75) is 20.3 Å². The molecule has 2 aromatic carbocycles. The molecule has 3 rings (SSSR count). The van der Waals surface area contributed by atoms with Crippen molar-refractivity contribution in [1.29, 1.82) is 0 Å². The molecule has 0 spiro atoms. The van der Waals surface area contributed by atoms with Gasteiger partial charge >= 0.3 is 0 Å². The second kappa shape index (κ2) is 6.76. The Labute approximate surface area is 145 Å². The van der Waals surface area contributed by atoms with Crippen molar-refractivity contribution in [2.24, 2.45) is 16.0 Å². The molecule has 3 N–H and O–H groups in total. The number of amides is 1. The highest BCUT2D eigenvalue weighted by Gasteiger charge is 2.21. The highest BCUT2D eigenvalue weighted by molar-refractivity contribution is 6.06. The number of hydrogen-bond donors (Lipinski definition) is 3. The van der Waals surface area contributed by atoms with E-state index < -0.39 is 0 Å². The number of hydrazone groups is 1. The van der Waals surface area contributed by atoms with Gasteiger partial charge in [-0.2, -0.15) is 5.10 Å². The normalized spacial score (nSPS) is 17.8. The number of aromatic hydroxyl groups is 2. The summed E-state index contributed by atoms with van der Waals surface area (Å²) >= 11 is 0. The molecule has 2 aromatic rings. The molecular formula is C19H19N3O3. The van der Waals surface area contributed by atoms with Gasteiger partial charge in [0.15, 0.2) is 0 Å². The highest BCUT2D eigenvalue weighted by Crippen LogP contribution is 2.25. The maximum atomic E-state index is 11.3. The monoisotopic (exact) mass is 337 g/mol. The number of nitrogens with one attached hydrogen (secondary N) is 1. The van der Waals surface area contributed by atoms with E-state index in [0.717, 1.165) is 17.0 Å². The molecule has 128 valence electrons. The molecule has 0 bridgehead atoms. The predicted molar refractivity (Wildman–Crippen MR) is 96.5 cm³/mol. The molecule has 0 aliphatic carbocycles. The van der Waals surface area contributed by atoms with Gasteiger partial charge in [-0.05, 0) is 36.8 Å². The van der Waals surface area contributed by atoms with Gasteiger partial charge in [0, 0.05) is 29.7 Å². The topological polar surface area (TPSA) is 94.3 Å². The quantitative estimate of drug-likeness (QED) is 0.751. The summed E-state index contributed by atoms with van der Waals surface area (Å²) in [6.45, 7) is 3.77. The van der Waals surface area contributed by atoms with E-state index in [2.05, 4.69) is 15.5 Å². The molecule has 1 heterocycles. The number of phenols is 2. The Kier molecular flexibility index (Phi) is 4.52. The van der Waals surface area contributed by atoms with Gasteiger partial charge in [-0.15, -0.1) is 0 Å². The van der Waals surface area contributed by atoms with Crippen LogP contribution in [0.1, 0.15) is 31.4 Å². The maximum absolute atomic E-state index is 11.3. The average Bonchev–Trinajstić information content (AvgIpc) is 2.55. The van der Waals surface area contributed by atoms with Gasteiger partial charge < -0.3 is 10.2 Å². The molecule has 1 aliphatic heterocycles. The fourth-order valence-corrected chi connectivity index (χ4v) is 2.79. The number of phenolic OH excluding ortho intramolecular Hbond substituents is 2. The molecule has 1 unspecified atom stereocenters. The summed E-state index contributed by atoms with van der Waals surface area (Å²) in [7, 11) is 0. The largest absolute Gasteiger partial charge is 0.508 e. The number of benzene rings is 2. The number of rotatable bonds is 3. The van der Waals surface area contributed by atoms with E-state index in [1.165, 1.54) is 12.1 Å². The molecule has 0 saturated carbocycles. The van der Waals surface area contributed by atoms with Crippen molar-refractivity contribution in [1.82, 2.24) is 5.43 Å². The van der Waals surface area contributed by atoms with Gasteiger partial charge in [-0.3, -0.25) is 9.79 Å². The van der Waals surface area contributed by atoms with E-state index in [1.54, 1.807) is 13.0 Å². The van der Waals surface area contributed by atoms with Crippen LogP contribution in [-0.4, -0.2) is 27.5 Å². The Bertz CT molecular complexity index is 870. The van der Waals surface area contributed by atoms with E-state index in [-0.39, 0.29) is 23.3 Å². The molecule has 1 atom stereocenters. The van der Waals surface area contributed by atoms with Crippen LogP contribution in [-0.2, 0) is 4.79 Å².